The van der Waals surface area contributed by atoms with Crippen molar-refractivity contribution < 1.29 is 43.5 Å². The van der Waals surface area contributed by atoms with E-state index in [1.165, 1.54) is 7.11 Å². The maximum atomic E-state index is 13.5. The molecule has 11 nitrogen and oxygen atoms in total. The number of aldehydes is 1. The molecule has 3 aromatic rings. The summed E-state index contributed by atoms with van der Waals surface area (Å²) in [6, 6.07) is 7.85. The fourth-order valence-corrected chi connectivity index (χ4v) is 8.16. The predicted molar refractivity (Wildman–Crippen MR) is 180 cm³/mol. The zero-order valence-corrected chi connectivity index (χ0v) is 28.0. The molecule has 4 aliphatic rings. The Morgan fingerprint density at radius 1 is 1.14 bits per heavy atom. The number of benzene rings is 2. The van der Waals surface area contributed by atoms with Crippen molar-refractivity contribution >= 4 is 34.5 Å². The molecule has 0 amide bonds. The second-order valence-electron chi connectivity index (χ2n) is 13.5. The van der Waals surface area contributed by atoms with Crippen LogP contribution in [0.4, 0.5) is 0 Å². The van der Waals surface area contributed by atoms with Crippen molar-refractivity contribution in [1.29, 1.82) is 0 Å². The van der Waals surface area contributed by atoms with E-state index in [1.54, 1.807) is 13.8 Å². The Balaban J connectivity index is 1.41. The molecule has 4 heterocycles. The van der Waals surface area contributed by atoms with Crippen molar-refractivity contribution in [2.24, 2.45) is 5.92 Å². The second-order valence-corrected chi connectivity index (χ2v) is 13.5. The lowest BCUT2D eigenvalue weighted by Crippen LogP contribution is -2.51. The number of hydrogen-bond donors (Lipinski definition) is 4. The largest absolute Gasteiger partial charge is 0.496 e. The van der Waals surface area contributed by atoms with E-state index in [-0.39, 0.29) is 47.4 Å². The van der Waals surface area contributed by atoms with Gasteiger partial charge in [-0.25, -0.2) is 4.79 Å². The van der Waals surface area contributed by atoms with Gasteiger partial charge in [-0.15, -0.1) is 0 Å². The molecular weight excluding hydrogens is 628 g/mol. The number of aromatic nitrogens is 1. The van der Waals surface area contributed by atoms with Crippen LogP contribution in [0.5, 0.6) is 17.2 Å². The lowest BCUT2D eigenvalue weighted by Gasteiger charge is -2.39. The summed E-state index contributed by atoms with van der Waals surface area (Å²) in [6.07, 6.45) is 4.54. The molecule has 0 radical (unpaired) electrons. The minimum Gasteiger partial charge on any atom is -0.496 e. The lowest BCUT2D eigenvalue weighted by atomic mass is 9.75. The number of ether oxygens (including phenoxy) is 4. The van der Waals surface area contributed by atoms with E-state index in [0.717, 1.165) is 48.0 Å². The fourth-order valence-electron chi connectivity index (χ4n) is 8.16. The molecule has 3 unspecified atom stereocenters. The van der Waals surface area contributed by atoms with Gasteiger partial charge in [-0.3, -0.25) is 9.59 Å². The Morgan fingerprint density at radius 2 is 1.94 bits per heavy atom. The molecule has 4 N–H and O–H groups in total. The number of ketones is 1. The summed E-state index contributed by atoms with van der Waals surface area (Å²) in [5.41, 5.74) is 3.17. The highest BCUT2D eigenvalue weighted by atomic mass is 16.6. The van der Waals surface area contributed by atoms with Crippen LogP contribution < -0.4 is 19.5 Å². The number of esters is 1. The van der Waals surface area contributed by atoms with Crippen molar-refractivity contribution in [2.75, 3.05) is 26.8 Å². The molecule has 1 saturated carbocycles. The molecule has 0 bridgehead atoms. The summed E-state index contributed by atoms with van der Waals surface area (Å²) < 4.78 is 24.2. The van der Waals surface area contributed by atoms with E-state index in [0.29, 0.717) is 53.7 Å². The van der Waals surface area contributed by atoms with E-state index in [1.807, 2.05) is 30.5 Å². The maximum Gasteiger partial charge on any atom is 0.375 e. The minimum atomic E-state index is -1.19. The van der Waals surface area contributed by atoms with E-state index in [9.17, 15) is 24.6 Å². The fraction of sp³-hybridized carbons (Fsp3) is 0.447. The van der Waals surface area contributed by atoms with Crippen LogP contribution in [0, 0.1) is 5.92 Å². The van der Waals surface area contributed by atoms with E-state index < -0.39 is 30.2 Å². The number of aliphatic hydroxyl groups is 2. The quantitative estimate of drug-likeness (QED) is 0.200. The number of aromatic amines is 1. The van der Waals surface area contributed by atoms with Gasteiger partial charge < -0.3 is 39.5 Å². The molecule has 0 spiro atoms. The van der Waals surface area contributed by atoms with Crippen LogP contribution in [-0.4, -0.2) is 71.7 Å². The van der Waals surface area contributed by atoms with Crippen LogP contribution in [-0.2, 0) is 32.1 Å². The Bertz CT molecular complexity index is 1900. The molecule has 2 aromatic carbocycles. The van der Waals surface area contributed by atoms with E-state index in [2.05, 4.69) is 10.3 Å². The number of nitrogens with one attached hydrogen (secondary N) is 2. The Kier molecular flexibility index (Phi) is 8.85. The number of aliphatic hydroxyl groups excluding tert-OH is 1. The van der Waals surface area contributed by atoms with Crippen LogP contribution in [0.2, 0.25) is 0 Å². The number of H-pyrrole nitrogens is 1. The third kappa shape index (κ3) is 5.53. The number of hydrogen-bond acceptors (Lipinski definition) is 10. The lowest BCUT2D eigenvalue weighted by molar-refractivity contribution is -0.141. The molecule has 7 rings (SSSR count). The zero-order valence-electron chi connectivity index (χ0n) is 28.0. The van der Waals surface area contributed by atoms with Gasteiger partial charge >= 0.3 is 5.97 Å². The van der Waals surface area contributed by atoms with Crippen molar-refractivity contribution in [2.45, 2.75) is 76.6 Å². The Morgan fingerprint density at radius 3 is 2.65 bits per heavy atom. The third-order valence-electron chi connectivity index (χ3n) is 10.8. The number of Topliss-reactive ketones (excluding diaryl/α,β-unsaturated/α-hetero) is 1. The number of rotatable bonds is 8. The summed E-state index contributed by atoms with van der Waals surface area (Å²) in [4.78, 5) is 43.1. The highest BCUT2D eigenvalue weighted by molar-refractivity contribution is 6.11. The number of carbonyl (C=O) groups is 3. The first kappa shape index (κ1) is 33.1. The van der Waals surface area contributed by atoms with Crippen molar-refractivity contribution in [3.8, 4) is 17.2 Å². The SMILES string of the molecule is CCOC(=O)C1=C(C=O)C(=C2CCC(=O)C(c3ccc4[nH]ccc4c3)C2)c2c(OC)c3c(c(CO)c2O1)OC(C(C)(O)C1CCNCC1)C3. The van der Waals surface area contributed by atoms with Gasteiger partial charge in [-0.05, 0) is 87.7 Å². The summed E-state index contributed by atoms with van der Waals surface area (Å²) in [5.74, 6) is -0.713. The van der Waals surface area contributed by atoms with Crippen LogP contribution in [0.25, 0.3) is 16.5 Å². The highest BCUT2D eigenvalue weighted by Gasteiger charge is 2.48. The van der Waals surface area contributed by atoms with Gasteiger partial charge in [0.2, 0.25) is 5.76 Å². The molecule has 1 saturated heterocycles. The minimum absolute atomic E-state index is 0.00515. The molecule has 2 fully saturated rings. The first-order chi connectivity index (χ1) is 23.7. The van der Waals surface area contributed by atoms with Gasteiger partial charge in [0, 0.05) is 41.6 Å². The first-order valence-corrected chi connectivity index (χ1v) is 17.0. The molecule has 1 aliphatic carbocycles. The standard InChI is InChI=1S/C38H42N2O9/c1-4-47-37(44)36-26(18-41)31(22-6-8-29(43)24(16-22)20-5-7-28-21(15-20)9-14-40-28)32-34(46-3)25-17-30(38(2,45)23-10-12-39-13-11-23)48-33(25)27(19-42)35(32)49-36/h5,7,9,14-15,18,23-24,30,39-40,42,45H,4,6,8,10-13,16-17,19H2,1-3H3. The topological polar surface area (TPSA) is 156 Å². The molecule has 11 heteroatoms. The van der Waals surface area contributed by atoms with Gasteiger partial charge in [-0.2, -0.15) is 0 Å². The molecule has 3 atom stereocenters. The van der Waals surface area contributed by atoms with E-state index in [4.69, 9.17) is 18.9 Å². The van der Waals surface area contributed by atoms with Crippen molar-refractivity contribution in [1.82, 2.24) is 10.3 Å². The van der Waals surface area contributed by atoms with Gasteiger partial charge in [0.1, 0.15) is 34.7 Å². The van der Waals surface area contributed by atoms with Crippen LogP contribution in [0.3, 0.4) is 0 Å². The number of allylic oxidation sites excluding steroid dienone is 3. The number of fused-ring (bicyclic) bond motifs is 3. The number of carbonyl (C=O) groups excluding carboxylic acids is 3. The monoisotopic (exact) mass is 670 g/mol. The van der Waals surface area contributed by atoms with Crippen molar-refractivity contribution in [3.05, 3.63) is 69.6 Å². The van der Waals surface area contributed by atoms with E-state index >= 15 is 0 Å². The molecular formula is C38H42N2O9. The normalized spacial score (nSPS) is 23.7. The molecule has 3 aliphatic heterocycles. The second kappa shape index (κ2) is 13.1. The average molecular weight is 671 g/mol. The molecule has 258 valence electrons. The average Bonchev–Trinajstić information content (AvgIpc) is 3.78. The van der Waals surface area contributed by atoms with Crippen LogP contribution in [0.1, 0.15) is 74.1 Å². The Hall–Kier alpha value is -4.45. The summed E-state index contributed by atoms with van der Waals surface area (Å²) in [6.45, 7) is 4.58. The number of piperidine rings is 1. The Labute approximate surface area is 284 Å². The highest BCUT2D eigenvalue weighted by Crippen LogP contribution is 2.56. The predicted octanol–water partition coefficient (Wildman–Crippen LogP) is 4.42. The van der Waals surface area contributed by atoms with Crippen molar-refractivity contribution in [3.63, 3.8) is 0 Å². The smallest absolute Gasteiger partial charge is 0.375 e. The summed E-state index contributed by atoms with van der Waals surface area (Å²) >= 11 is 0. The van der Waals surface area contributed by atoms with Crippen LogP contribution >= 0.6 is 0 Å². The maximum absolute atomic E-state index is 13.5. The van der Waals surface area contributed by atoms with Gasteiger partial charge in [0.05, 0.1) is 37.0 Å². The summed E-state index contributed by atoms with van der Waals surface area (Å²) in [5, 5.41) is 27.1. The van der Waals surface area contributed by atoms with Gasteiger partial charge in [0.25, 0.3) is 0 Å². The first-order valence-electron chi connectivity index (χ1n) is 17.0. The number of methoxy groups -OCH3 is 1. The third-order valence-corrected chi connectivity index (χ3v) is 10.8. The molecule has 49 heavy (non-hydrogen) atoms. The van der Waals surface area contributed by atoms with Gasteiger partial charge in [0.15, 0.2) is 6.29 Å². The van der Waals surface area contributed by atoms with Crippen LogP contribution in [0.15, 0.2) is 47.4 Å². The molecule has 1 aromatic heterocycles. The summed E-state index contributed by atoms with van der Waals surface area (Å²) in [7, 11) is 1.51. The van der Waals surface area contributed by atoms with Gasteiger partial charge in [-0.1, -0.05) is 11.6 Å². The zero-order chi connectivity index (χ0) is 34.4.